The van der Waals surface area contributed by atoms with Crippen molar-refractivity contribution >= 4 is 5.78 Å². The van der Waals surface area contributed by atoms with Crippen molar-refractivity contribution in [2.45, 2.75) is 0 Å². The molecule has 0 aliphatic rings. The molecule has 1 aromatic heterocycles. The summed E-state index contributed by atoms with van der Waals surface area (Å²) in [7, 11) is 0. The second kappa shape index (κ2) is 5.52. The lowest BCUT2D eigenvalue weighted by molar-refractivity contribution is 0.103. The molecule has 0 radical (unpaired) electrons. The minimum Gasteiger partial charge on any atom is -0.366 e. The molecule has 22 heavy (non-hydrogen) atoms. The van der Waals surface area contributed by atoms with Crippen LogP contribution in [0.2, 0.25) is 0 Å². The van der Waals surface area contributed by atoms with E-state index in [4.69, 9.17) is 0 Å². The van der Waals surface area contributed by atoms with Crippen LogP contribution in [0.4, 0.5) is 13.2 Å². The molecule has 0 spiro atoms. The number of carbonyl (C=O) groups excluding carboxylic acids is 1. The van der Waals surface area contributed by atoms with Gasteiger partial charge in [0.2, 0.25) is 0 Å². The van der Waals surface area contributed by atoms with E-state index in [-0.39, 0.29) is 11.1 Å². The number of aromatic amines is 1. The van der Waals surface area contributed by atoms with Crippen LogP contribution in [-0.2, 0) is 0 Å². The highest BCUT2D eigenvalue weighted by molar-refractivity contribution is 6.12. The van der Waals surface area contributed by atoms with Crippen LogP contribution in [0.15, 0.2) is 54.9 Å². The largest absolute Gasteiger partial charge is 0.366 e. The van der Waals surface area contributed by atoms with Crippen molar-refractivity contribution in [3.8, 4) is 11.1 Å². The topological polar surface area (TPSA) is 32.9 Å². The highest BCUT2D eigenvalue weighted by Gasteiger charge is 2.19. The molecule has 0 unspecified atom stereocenters. The first-order valence-corrected chi connectivity index (χ1v) is 6.49. The normalized spacial score (nSPS) is 10.7. The molecule has 1 heterocycles. The summed E-state index contributed by atoms with van der Waals surface area (Å²) >= 11 is 0. The number of aromatic nitrogens is 1. The van der Waals surface area contributed by atoms with Gasteiger partial charge in [0, 0.05) is 23.5 Å². The van der Waals surface area contributed by atoms with Crippen molar-refractivity contribution < 1.29 is 18.0 Å². The SMILES string of the molecule is O=C(c1ccccc1F)c1c[nH]cc1-c1ccc(F)c(F)c1. The zero-order valence-electron chi connectivity index (χ0n) is 11.2. The summed E-state index contributed by atoms with van der Waals surface area (Å²) in [6.07, 6.45) is 2.89. The average Bonchev–Trinajstić information content (AvgIpc) is 2.99. The van der Waals surface area contributed by atoms with E-state index in [9.17, 15) is 18.0 Å². The van der Waals surface area contributed by atoms with Crippen molar-refractivity contribution in [2.24, 2.45) is 0 Å². The molecule has 110 valence electrons. The summed E-state index contributed by atoms with van der Waals surface area (Å²) < 4.78 is 40.1. The Morgan fingerprint density at radius 2 is 1.59 bits per heavy atom. The van der Waals surface area contributed by atoms with Gasteiger partial charge >= 0.3 is 0 Å². The Kier molecular flexibility index (Phi) is 3.55. The van der Waals surface area contributed by atoms with Crippen LogP contribution in [0, 0.1) is 17.5 Å². The molecule has 0 fully saturated rings. The third-order valence-electron chi connectivity index (χ3n) is 3.34. The van der Waals surface area contributed by atoms with E-state index in [0.717, 1.165) is 12.1 Å². The minimum absolute atomic E-state index is 0.0778. The number of nitrogens with one attached hydrogen (secondary N) is 1. The van der Waals surface area contributed by atoms with Crippen LogP contribution in [0.5, 0.6) is 0 Å². The lowest BCUT2D eigenvalue weighted by Crippen LogP contribution is -2.04. The van der Waals surface area contributed by atoms with Crippen molar-refractivity contribution in [2.75, 3.05) is 0 Å². The summed E-state index contributed by atoms with van der Waals surface area (Å²) in [6.45, 7) is 0. The van der Waals surface area contributed by atoms with Crippen LogP contribution < -0.4 is 0 Å². The fraction of sp³-hybridized carbons (Fsp3) is 0. The number of halogens is 3. The Morgan fingerprint density at radius 1 is 0.818 bits per heavy atom. The quantitative estimate of drug-likeness (QED) is 0.718. The maximum absolute atomic E-state index is 13.7. The molecule has 0 saturated heterocycles. The number of hydrogen-bond donors (Lipinski definition) is 1. The first-order chi connectivity index (χ1) is 10.6. The second-order valence-electron chi connectivity index (χ2n) is 4.72. The number of ketones is 1. The molecule has 0 aliphatic carbocycles. The molecule has 0 atom stereocenters. The Hall–Kier alpha value is -2.82. The number of rotatable bonds is 3. The molecule has 0 aliphatic heterocycles. The Bertz CT molecular complexity index is 855. The summed E-state index contributed by atoms with van der Waals surface area (Å²) in [5.41, 5.74) is 0.828. The molecular formula is C17H10F3NO. The lowest BCUT2D eigenvalue weighted by atomic mass is 9.98. The fourth-order valence-corrected chi connectivity index (χ4v) is 2.24. The summed E-state index contributed by atoms with van der Waals surface area (Å²) in [5, 5.41) is 0. The zero-order valence-corrected chi connectivity index (χ0v) is 11.2. The van der Waals surface area contributed by atoms with Crippen molar-refractivity contribution in [1.29, 1.82) is 0 Å². The fourth-order valence-electron chi connectivity index (χ4n) is 2.24. The van der Waals surface area contributed by atoms with Crippen LogP contribution in [0.1, 0.15) is 15.9 Å². The van der Waals surface area contributed by atoms with Gasteiger partial charge in [-0.2, -0.15) is 0 Å². The Balaban J connectivity index is 2.07. The first-order valence-electron chi connectivity index (χ1n) is 6.49. The summed E-state index contributed by atoms with van der Waals surface area (Å²) in [4.78, 5) is 15.2. The van der Waals surface area contributed by atoms with Crippen LogP contribution >= 0.6 is 0 Å². The minimum atomic E-state index is -1.01. The molecule has 0 amide bonds. The Labute approximate surface area is 124 Å². The number of H-pyrrole nitrogens is 1. The highest BCUT2D eigenvalue weighted by Crippen LogP contribution is 2.27. The molecule has 2 aromatic carbocycles. The van der Waals surface area contributed by atoms with Gasteiger partial charge in [0.15, 0.2) is 17.4 Å². The molecule has 0 saturated carbocycles. The highest BCUT2D eigenvalue weighted by atomic mass is 19.2. The van der Waals surface area contributed by atoms with E-state index < -0.39 is 23.2 Å². The maximum Gasteiger partial charge on any atom is 0.198 e. The van der Waals surface area contributed by atoms with E-state index in [1.807, 2.05) is 0 Å². The average molecular weight is 301 g/mol. The third-order valence-corrected chi connectivity index (χ3v) is 3.34. The predicted molar refractivity (Wildman–Crippen MR) is 76.0 cm³/mol. The second-order valence-corrected chi connectivity index (χ2v) is 4.72. The van der Waals surface area contributed by atoms with Crippen LogP contribution in [0.25, 0.3) is 11.1 Å². The number of carbonyl (C=O) groups is 1. The van der Waals surface area contributed by atoms with Crippen molar-refractivity contribution in [1.82, 2.24) is 4.98 Å². The van der Waals surface area contributed by atoms with Crippen LogP contribution in [0.3, 0.4) is 0 Å². The summed E-state index contributed by atoms with van der Waals surface area (Å²) in [5.74, 6) is -3.15. The van der Waals surface area contributed by atoms with E-state index in [1.54, 1.807) is 6.07 Å². The van der Waals surface area contributed by atoms with Gasteiger partial charge in [-0.25, -0.2) is 13.2 Å². The van der Waals surface area contributed by atoms with E-state index in [0.29, 0.717) is 11.1 Å². The Morgan fingerprint density at radius 3 is 2.32 bits per heavy atom. The maximum atomic E-state index is 13.7. The number of hydrogen-bond acceptors (Lipinski definition) is 1. The van der Waals surface area contributed by atoms with Gasteiger partial charge in [0.05, 0.1) is 5.56 Å². The third kappa shape index (κ3) is 2.41. The van der Waals surface area contributed by atoms with Gasteiger partial charge in [-0.05, 0) is 29.8 Å². The molecule has 0 bridgehead atoms. The predicted octanol–water partition coefficient (Wildman–Crippen LogP) is 4.33. The first kappa shape index (κ1) is 14.1. The number of benzene rings is 2. The van der Waals surface area contributed by atoms with Gasteiger partial charge in [0.1, 0.15) is 5.82 Å². The lowest BCUT2D eigenvalue weighted by Gasteiger charge is -2.05. The standard InChI is InChI=1S/C17H10F3NO/c18-14-4-2-1-3-11(14)17(22)13-9-21-8-12(13)10-5-6-15(19)16(20)7-10/h1-9,21H. The van der Waals surface area contributed by atoms with Gasteiger partial charge in [-0.15, -0.1) is 0 Å². The monoisotopic (exact) mass is 301 g/mol. The molecular weight excluding hydrogens is 291 g/mol. The molecule has 3 aromatic rings. The van der Waals surface area contributed by atoms with E-state index >= 15 is 0 Å². The van der Waals surface area contributed by atoms with Gasteiger partial charge in [-0.1, -0.05) is 18.2 Å². The molecule has 1 N–H and O–H groups in total. The molecule has 3 rings (SSSR count). The van der Waals surface area contributed by atoms with E-state index in [2.05, 4.69) is 4.98 Å². The molecule has 5 heteroatoms. The van der Waals surface area contributed by atoms with Crippen molar-refractivity contribution in [3.63, 3.8) is 0 Å². The van der Waals surface area contributed by atoms with Gasteiger partial charge in [-0.3, -0.25) is 4.79 Å². The summed E-state index contributed by atoms with van der Waals surface area (Å²) in [6, 6.07) is 8.95. The van der Waals surface area contributed by atoms with Gasteiger partial charge < -0.3 is 4.98 Å². The smallest absolute Gasteiger partial charge is 0.198 e. The van der Waals surface area contributed by atoms with Crippen molar-refractivity contribution in [3.05, 3.63) is 83.4 Å². The van der Waals surface area contributed by atoms with Gasteiger partial charge in [0.25, 0.3) is 0 Å². The zero-order chi connectivity index (χ0) is 15.7. The van der Waals surface area contributed by atoms with E-state index in [1.165, 1.54) is 36.7 Å². The molecule has 2 nitrogen and oxygen atoms in total. The van der Waals surface area contributed by atoms with Crippen LogP contribution in [-0.4, -0.2) is 10.8 Å².